The maximum absolute atomic E-state index is 4.43. The first-order valence-corrected chi connectivity index (χ1v) is 8.62. The van der Waals surface area contributed by atoms with E-state index in [2.05, 4.69) is 42.3 Å². The Balaban J connectivity index is 1.73. The van der Waals surface area contributed by atoms with Gasteiger partial charge in [0.1, 0.15) is 0 Å². The minimum atomic E-state index is 0.395. The smallest absolute Gasteiger partial charge is 0.0534 e. The molecule has 2 fully saturated rings. The van der Waals surface area contributed by atoms with Crippen LogP contribution in [-0.4, -0.2) is 39.4 Å². The fraction of sp³-hybridized carbons (Fsp3) is 0.824. The lowest BCUT2D eigenvalue weighted by Crippen LogP contribution is -2.63. The Bertz CT molecular complexity index is 459. The Labute approximate surface area is 128 Å². The van der Waals surface area contributed by atoms with Gasteiger partial charge in [-0.1, -0.05) is 26.7 Å². The van der Waals surface area contributed by atoms with E-state index in [0.717, 1.165) is 19.6 Å². The molecule has 1 aliphatic heterocycles. The van der Waals surface area contributed by atoms with Crippen LogP contribution >= 0.6 is 0 Å². The van der Waals surface area contributed by atoms with Crippen molar-refractivity contribution in [2.75, 3.05) is 13.1 Å². The number of nitrogens with zero attached hydrogens (tertiary/aromatic N) is 3. The zero-order valence-corrected chi connectivity index (χ0v) is 13.8. The van der Waals surface area contributed by atoms with Crippen LogP contribution in [0, 0.1) is 5.92 Å². The van der Waals surface area contributed by atoms with Crippen LogP contribution in [0.4, 0.5) is 0 Å². The van der Waals surface area contributed by atoms with E-state index in [-0.39, 0.29) is 0 Å². The van der Waals surface area contributed by atoms with Gasteiger partial charge in [0, 0.05) is 49.5 Å². The molecule has 2 heterocycles. The molecule has 1 saturated heterocycles. The largest absolute Gasteiger partial charge is 0.308 e. The van der Waals surface area contributed by atoms with E-state index in [1.54, 1.807) is 0 Å². The summed E-state index contributed by atoms with van der Waals surface area (Å²) in [5.41, 5.74) is 1.75. The lowest BCUT2D eigenvalue weighted by molar-refractivity contribution is 0.0507. The maximum atomic E-state index is 4.43. The van der Waals surface area contributed by atoms with Crippen molar-refractivity contribution in [1.82, 2.24) is 20.0 Å². The summed E-state index contributed by atoms with van der Waals surface area (Å²) in [5.74, 6) is 0.692. The Morgan fingerprint density at radius 2 is 2.14 bits per heavy atom. The average molecular weight is 290 g/mol. The van der Waals surface area contributed by atoms with Crippen LogP contribution in [0.3, 0.4) is 0 Å². The molecule has 0 bridgehead atoms. The van der Waals surface area contributed by atoms with Gasteiger partial charge in [-0.3, -0.25) is 9.58 Å². The molecule has 4 heteroatoms. The molecule has 0 radical (unpaired) electrons. The molecule has 1 N–H and O–H groups in total. The lowest BCUT2D eigenvalue weighted by atomic mass is 9.89. The molecule has 1 aromatic rings. The molecule has 1 saturated carbocycles. The van der Waals surface area contributed by atoms with Gasteiger partial charge in [-0.25, -0.2) is 0 Å². The molecule has 0 amide bonds. The lowest BCUT2D eigenvalue weighted by Gasteiger charge is -2.47. The predicted octanol–water partition coefficient (Wildman–Crippen LogP) is 2.65. The third-order valence-electron chi connectivity index (χ3n) is 5.39. The van der Waals surface area contributed by atoms with Gasteiger partial charge >= 0.3 is 0 Å². The van der Waals surface area contributed by atoms with Crippen LogP contribution in [0.25, 0.3) is 0 Å². The molecular weight excluding hydrogens is 260 g/mol. The van der Waals surface area contributed by atoms with E-state index in [4.69, 9.17) is 0 Å². The highest BCUT2D eigenvalue weighted by Gasteiger charge is 2.41. The minimum Gasteiger partial charge on any atom is -0.308 e. The predicted molar refractivity (Wildman–Crippen MR) is 86.1 cm³/mol. The van der Waals surface area contributed by atoms with Crippen LogP contribution in [-0.2, 0) is 13.1 Å². The molecule has 2 aliphatic rings. The molecule has 118 valence electrons. The molecule has 21 heavy (non-hydrogen) atoms. The van der Waals surface area contributed by atoms with E-state index in [1.807, 2.05) is 10.9 Å². The maximum Gasteiger partial charge on any atom is 0.0534 e. The van der Waals surface area contributed by atoms with Crippen LogP contribution in [0.2, 0.25) is 0 Å². The normalized spacial score (nSPS) is 26.0. The van der Waals surface area contributed by atoms with Crippen molar-refractivity contribution in [1.29, 1.82) is 0 Å². The van der Waals surface area contributed by atoms with Gasteiger partial charge in [0.25, 0.3) is 0 Å². The van der Waals surface area contributed by atoms with Crippen LogP contribution in [0.15, 0.2) is 12.4 Å². The highest BCUT2D eigenvalue weighted by Crippen LogP contribution is 2.34. The van der Waals surface area contributed by atoms with Gasteiger partial charge in [0.2, 0.25) is 0 Å². The molecule has 1 aromatic heterocycles. The van der Waals surface area contributed by atoms with Gasteiger partial charge in [0.15, 0.2) is 0 Å². The molecule has 1 unspecified atom stereocenters. The van der Waals surface area contributed by atoms with E-state index in [9.17, 15) is 0 Å². The van der Waals surface area contributed by atoms with Crippen LogP contribution < -0.4 is 5.32 Å². The van der Waals surface area contributed by atoms with Crippen molar-refractivity contribution in [3.05, 3.63) is 18.0 Å². The second kappa shape index (κ2) is 6.09. The first-order chi connectivity index (χ1) is 10.1. The van der Waals surface area contributed by atoms with Crippen molar-refractivity contribution < 1.29 is 0 Å². The first kappa shape index (κ1) is 15.0. The van der Waals surface area contributed by atoms with Gasteiger partial charge in [-0.05, 0) is 25.7 Å². The number of piperazine rings is 1. The number of hydrogen-bond acceptors (Lipinski definition) is 3. The third-order valence-corrected chi connectivity index (χ3v) is 5.39. The Morgan fingerprint density at radius 1 is 1.38 bits per heavy atom. The molecular formula is C17H30N4. The van der Waals surface area contributed by atoms with Crippen molar-refractivity contribution in [2.24, 2.45) is 5.92 Å². The summed E-state index contributed by atoms with van der Waals surface area (Å²) in [6.07, 6.45) is 9.73. The summed E-state index contributed by atoms with van der Waals surface area (Å²) in [6.45, 7) is 11.2. The Kier molecular flexibility index (Phi) is 4.36. The number of nitrogens with one attached hydrogen (secondary N) is 1. The van der Waals surface area contributed by atoms with Gasteiger partial charge < -0.3 is 5.32 Å². The summed E-state index contributed by atoms with van der Waals surface area (Å²) in [5, 5.41) is 8.33. The SMILES string of the molecule is CCn1cc(CN2CC3(CCCC3)NCC2C(C)C)cn1. The second-order valence-corrected chi connectivity index (χ2v) is 7.29. The van der Waals surface area contributed by atoms with Crippen LogP contribution in [0.1, 0.15) is 52.0 Å². The van der Waals surface area contributed by atoms with Crippen LogP contribution in [0.5, 0.6) is 0 Å². The molecule has 3 rings (SSSR count). The summed E-state index contributed by atoms with van der Waals surface area (Å²) in [7, 11) is 0. The zero-order valence-electron chi connectivity index (χ0n) is 13.8. The summed E-state index contributed by atoms with van der Waals surface area (Å²) < 4.78 is 2.03. The first-order valence-electron chi connectivity index (χ1n) is 8.62. The Hall–Kier alpha value is -0.870. The number of rotatable bonds is 4. The monoisotopic (exact) mass is 290 g/mol. The molecule has 4 nitrogen and oxygen atoms in total. The quantitative estimate of drug-likeness (QED) is 0.925. The third kappa shape index (κ3) is 3.16. The summed E-state index contributed by atoms with van der Waals surface area (Å²) in [6, 6.07) is 0.640. The number of aryl methyl sites for hydroxylation is 1. The minimum absolute atomic E-state index is 0.395. The highest BCUT2D eigenvalue weighted by molar-refractivity contribution is 5.08. The fourth-order valence-electron chi connectivity index (χ4n) is 4.12. The van der Waals surface area contributed by atoms with Gasteiger partial charge in [0.05, 0.1) is 6.20 Å². The van der Waals surface area contributed by atoms with Gasteiger partial charge in [-0.2, -0.15) is 5.10 Å². The fourth-order valence-corrected chi connectivity index (χ4v) is 4.12. The topological polar surface area (TPSA) is 33.1 Å². The van der Waals surface area contributed by atoms with E-state index < -0.39 is 0 Å². The Morgan fingerprint density at radius 3 is 2.76 bits per heavy atom. The van der Waals surface area contributed by atoms with Crippen molar-refractivity contribution in [2.45, 2.75) is 71.1 Å². The molecule has 1 spiro atoms. The molecule has 1 atom stereocenters. The van der Waals surface area contributed by atoms with E-state index in [1.165, 1.54) is 37.8 Å². The molecule has 1 aliphatic carbocycles. The second-order valence-electron chi connectivity index (χ2n) is 7.29. The molecule has 0 aromatic carbocycles. The van der Waals surface area contributed by atoms with Gasteiger partial charge in [-0.15, -0.1) is 0 Å². The van der Waals surface area contributed by atoms with Crippen molar-refractivity contribution in [3.8, 4) is 0 Å². The van der Waals surface area contributed by atoms with Crippen molar-refractivity contribution >= 4 is 0 Å². The standard InChI is InChI=1S/C17H30N4/c1-4-21-12-15(9-19-21)11-20-13-17(7-5-6-8-17)18-10-16(20)14(2)3/h9,12,14,16,18H,4-8,10-11,13H2,1-3H3. The van der Waals surface area contributed by atoms with Crippen molar-refractivity contribution in [3.63, 3.8) is 0 Å². The van der Waals surface area contributed by atoms with E-state index >= 15 is 0 Å². The average Bonchev–Trinajstić information content (AvgIpc) is 3.08. The summed E-state index contributed by atoms with van der Waals surface area (Å²) in [4.78, 5) is 2.71. The number of aromatic nitrogens is 2. The summed E-state index contributed by atoms with van der Waals surface area (Å²) >= 11 is 0. The highest BCUT2D eigenvalue weighted by atomic mass is 15.3. The van der Waals surface area contributed by atoms with E-state index in [0.29, 0.717) is 17.5 Å². The zero-order chi connectivity index (χ0) is 14.9. The number of hydrogen-bond donors (Lipinski definition) is 1.